The first kappa shape index (κ1) is 12.9. The van der Waals surface area contributed by atoms with E-state index in [0.717, 1.165) is 27.5 Å². The summed E-state index contributed by atoms with van der Waals surface area (Å²) in [5.41, 5.74) is 1.22. The third kappa shape index (κ3) is 2.23. The molecule has 0 unspecified atom stereocenters. The molecule has 0 aliphatic carbocycles. The number of aryl methyl sites for hydroxylation is 3. The number of hydrogen-bond acceptors (Lipinski definition) is 6. The van der Waals surface area contributed by atoms with Crippen molar-refractivity contribution in [1.29, 1.82) is 0 Å². The van der Waals surface area contributed by atoms with Crippen molar-refractivity contribution in [2.45, 2.75) is 37.5 Å². The molecule has 2 aromatic heterocycles. The highest BCUT2D eigenvalue weighted by Gasteiger charge is 2.29. The molecule has 100 valence electrons. The van der Waals surface area contributed by atoms with Gasteiger partial charge in [0.1, 0.15) is 20.9 Å². The SMILES string of the molecule is Cc1nc(S[C@@H]2CCOC2=O)c2c(C)c(C)sc2n1. The van der Waals surface area contributed by atoms with Crippen LogP contribution in [0.5, 0.6) is 0 Å². The van der Waals surface area contributed by atoms with Crippen molar-refractivity contribution in [3.63, 3.8) is 0 Å². The van der Waals surface area contributed by atoms with Crippen LogP contribution in [0.4, 0.5) is 0 Å². The minimum Gasteiger partial charge on any atom is -0.465 e. The van der Waals surface area contributed by atoms with E-state index >= 15 is 0 Å². The zero-order valence-electron chi connectivity index (χ0n) is 11.0. The van der Waals surface area contributed by atoms with E-state index in [0.29, 0.717) is 6.61 Å². The molecular weight excluding hydrogens is 280 g/mol. The largest absolute Gasteiger partial charge is 0.465 e. The van der Waals surface area contributed by atoms with E-state index in [2.05, 4.69) is 23.8 Å². The van der Waals surface area contributed by atoms with Crippen molar-refractivity contribution in [2.24, 2.45) is 0 Å². The van der Waals surface area contributed by atoms with Crippen molar-refractivity contribution < 1.29 is 9.53 Å². The van der Waals surface area contributed by atoms with Crippen LogP contribution in [0.2, 0.25) is 0 Å². The summed E-state index contributed by atoms with van der Waals surface area (Å²) < 4.78 is 5.01. The number of aromatic nitrogens is 2. The number of cyclic esters (lactones) is 1. The lowest BCUT2D eigenvalue weighted by molar-refractivity contribution is -0.137. The van der Waals surface area contributed by atoms with Crippen LogP contribution in [-0.2, 0) is 9.53 Å². The summed E-state index contributed by atoms with van der Waals surface area (Å²) >= 11 is 3.20. The van der Waals surface area contributed by atoms with Gasteiger partial charge in [0.15, 0.2) is 0 Å². The maximum Gasteiger partial charge on any atom is 0.319 e. The molecule has 0 radical (unpaired) electrons. The van der Waals surface area contributed by atoms with Crippen molar-refractivity contribution in [2.75, 3.05) is 6.61 Å². The van der Waals surface area contributed by atoms with Gasteiger partial charge in [-0.1, -0.05) is 11.8 Å². The van der Waals surface area contributed by atoms with E-state index in [1.54, 1.807) is 11.3 Å². The topological polar surface area (TPSA) is 52.1 Å². The molecule has 0 amide bonds. The maximum absolute atomic E-state index is 11.6. The van der Waals surface area contributed by atoms with Crippen molar-refractivity contribution >= 4 is 39.3 Å². The summed E-state index contributed by atoms with van der Waals surface area (Å²) in [5, 5.41) is 1.88. The molecule has 1 saturated heterocycles. The minimum absolute atomic E-state index is 0.126. The van der Waals surface area contributed by atoms with Crippen LogP contribution >= 0.6 is 23.1 Å². The van der Waals surface area contributed by atoms with Gasteiger partial charge in [-0.05, 0) is 26.3 Å². The zero-order valence-corrected chi connectivity index (χ0v) is 12.7. The highest BCUT2D eigenvalue weighted by atomic mass is 32.2. The molecule has 1 fully saturated rings. The number of ether oxygens (including phenoxy) is 1. The average Bonchev–Trinajstić information content (AvgIpc) is 2.85. The van der Waals surface area contributed by atoms with Gasteiger partial charge >= 0.3 is 5.97 Å². The highest BCUT2D eigenvalue weighted by molar-refractivity contribution is 8.00. The predicted octanol–water partition coefficient (Wildman–Crippen LogP) is 3.02. The van der Waals surface area contributed by atoms with Gasteiger partial charge in [0.2, 0.25) is 0 Å². The monoisotopic (exact) mass is 294 g/mol. The molecule has 3 heterocycles. The molecule has 0 bridgehead atoms. The number of rotatable bonds is 2. The van der Waals surface area contributed by atoms with Gasteiger partial charge in [-0.2, -0.15) is 0 Å². The number of thioether (sulfide) groups is 1. The van der Waals surface area contributed by atoms with Crippen molar-refractivity contribution in [1.82, 2.24) is 9.97 Å². The normalized spacial score (nSPS) is 19.1. The first-order valence-corrected chi connectivity index (χ1v) is 7.83. The third-order valence-corrected chi connectivity index (χ3v) is 5.58. The molecule has 6 heteroatoms. The van der Waals surface area contributed by atoms with Gasteiger partial charge in [-0.25, -0.2) is 9.97 Å². The Morgan fingerprint density at radius 2 is 2.11 bits per heavy atom. The Morgan fingerprint density at radius 3 is 2.79 bits per heavy atom. The molecule has 3 rings (SSSR count). The van der Waals surface area contributed by atoms with E-state index in [-0.39, 0.29) is 11.2 Å². The summed E-state index contributed by atoms with van der Waals surface area (Å²) in [6.07, 6.45) is 0.760. The molecule has 2 aromatic rings. The second-order valence-corrected chi connectivity index (χ2v) is 7.00. The number of fused-ring (bicyclic) bond motifs is 1. The summed E-state index contributed by atoms with van der Waals surface area (Å²) in [7, 11) is 0. The average molecular weight is 294 g/mol. The van der Waals surface area contributed by atoms with Crippen molar-refractivity contribution in [3.8, 4) is 0 Å². The lowest BCUT2D eigenvalue weighted by Gasteiger charge is -2.07. The van der Waals surface area contributed by atoms with Gasteiger partial charge < -0.3 is 4.74 Å². The fourth-order valence-corrected chi connectivity index (χ4v) is 4.46. The fraction of sp³-hybridized carbons (Fsp3) is 0.462. The fourth-order valence-electron chi connectivity index (χ4n) is 2.12. The third-order valence-electron chi connectivity index (χ3n) is 3.25. The van der Waals surface area contributed by atoms with Gasteiger partial charge in [0.05, 0.1) is 6.61 Å². The van der Waals surface area contributed by atoms with Gasteiger partial charge in [-0.15, -0.1) is 11.3 Å². The Bertz CT molecular complexity index is 666. The second-order valence-electron chi connectivity index (χ2n) is 4.60. The lowest BCUT2D eigenvalue weighted by atomic mass is 10.2. The highest BCUT2D eigenvalue weighted by Crippen LogP contribution is 2.38. The molecule has 0 aromatic carbocycles. The van der Waals surface area contributed by atoms with Gasteiger partial charge in [-0.3, -0.25) is 4.79 Å². The molecular formula is C13H14N2O2S2. The summed E-state index contributed by atoms with van der Waals surface area (Å²) in [4.78, 5) is 22.9. The summed E-state index contributed by atoms with van der Waals surface area (Å²) in [5.74, 6) is 0.627. The van der Waals surface area contributed by atoms with Crippen LogP contribution in [0.1, 0.15) is 22.7 Å². The maximum atomic E-state index is 11.6. The Kier molecular flexibility index (Phi) is 3.22. The Labute approximate surface area is 119 Å². The Hall–Kier alpha value is -1.14. The molecule has 19 heavy (non-hydrogen) atoms. The van der Waals surface area contributed by atoms with E-state index in [4.69, 9.17) is 4.74 Å². The lowest BCUT2D eigenvalue weighted by Crippen LogP contribution is -2.10. The first-order valence-electron chi connectivity index (χ1n) is 6.14. The van der Waals surface area contributed by atoms with E-state index in [9.17, 15) is 4.79 Å². The second kappa shape index (κ2) is 4.76. The molecule has 1 aliphatic rings. The van der Waals surface area contributed by atoms with Crippen LogP contribution in [-0.4, -0.2) is 27.8 Å². The predicted molar refractivity (Wildman–Crippen MR) is 76.8 cm³/mol. The van der Waals surface area contributed by atoms with Crippen LogP contribution < -0.4 is 0 Å². The van der Waals surface area contributed by atoms with Gasteiger partial charge in [0, 0.05) is 16.7 Å². The molecule has 0 N–H and O–H groups in total. The molecule has 0 saturated carbocycles. The zero-order chi connectivity index (χ0) is 13.6. The molecule has 4 nitrogen and oxygen atoms in total. The number of thiophene rings is 1. The quantitative estimate of drug-likeness (QED) is 0.629. The first-order chi connectivity index (χ1) is 9.06. The summed E-state index contributed by atoms with van der Waals surface area (Å²) in [6, 6.07) is 0. The Balaban J connectivity index is 2.08. The van der Waals surface area contributed by atoms with E-state index in [1.807, 2.05) is 6.92 Å². The number of hydrogen-bond donors (Lipinski definition) is 0. The Morgan fingerprint density at radius 1 is 1.32 bits per heavy atom. The molecule has 1 aliphatic heterocycles. The minimum atomic E-state index is -0.128. The summed E-state index contributed by atoms with van der Waals surface area (Å²) in [6.45, 7) is 6.59. The number of nitrogens with zero attached hydrogens (tertiary/aromatic N) is 2. The number of carbonyl (C=O) groups excluding carboxylic acids is 1. The van der Waals surface area contributed by atoms with Crippen LogP contribution in [0, 0.1) is 20.8 Å². The van der Waals surface area contributed by atoms with E-state index in [1.165, 1.54) is 22.2 Å². The number of esters is 1. The molecule has 0 spiro atoms. The van der Waals surface area contributed by atoms with Gasteiger partial charge in [0.25, 0.3) is 0 Å². The van der Waals surface area contributed by atoms with E-state index < -0.39 is 0 Å². The standard InChI is InChI=1S/C13H14N2O2S2/c1-6-7(2)18-11-10(6)12(15-8(3)14-11)19-9-4-5-17-13(9)16/h9H,4-5H2,1-3H3/t9-/m1/s1. The molecule has 1 atom stereocenters. The number of carbonyl (C=O) groups is 1. The van der Waals surface area contributed by atoms with Crippen LogP contribution in [0.3, 0.4) is 0 Å². The van der Waals surface area contributed by atoms with Crippen molar-refractivity contribution in [3.05, 3.63) is 16.3 Å². The smallest absolute Gasteiger partial charge is 0.319 e. The van der Waals surface area contributed by atoms with Crippen LogP contribution in [0.15, 0.2) is 5.03 Å². The van der Waals surface area contributed by atoms with Crippen LogP contribution in [0.25, 0.3) is 10.2 Å².